The fourth-order valence-electron chi connectivity index (χ4n) is 2.48. The van der Waals surface area contributed by atoms with Crippen LogP contribution in [0.2, 0.25) is 0 Å². The summed E-state index contributed by atoms with van der Waals surface area (Å²) in [5.41, 5.74) is 1.63. The van der Waals surface area contributed by atoms with Gasteiger partial charge in [0.25, 0.3) is 5.89 Å². The Hall–Kier alpha value is -3.81. The number of pyridine rings is 1. The van der Waals surface area contributed by atoms with Gasteiger partial charge in [-0.1, -0.05) is 5.16 Å². The van der Waals surface area contributed by atoms with Crippen LogP contribution in [0.4, 0.5) is 0 Å². The first-order valence-corrected chi connectivity index (χ1v) is 8.62. The SMILES string of the molecule is Cc1cc(Oc2ccc(OCc3nc(C)no3)cc2)nc(-c2cccnc2)n1. The van der Waals surface area contributed by atoms with E-state index in [9.17, 15) is 0 Å². The Balaban J connectivity index is 1.45. The summed E-state index contributed by atoms with van der Waals surface area (Å²) in [7, 11) is 0. The molecule has 140 valence electrons. The Morgan fingerprint density at radius 3 is 2.50 bits per heavy atom. The van der Waals surface area contributed by atoms with E-state index in [4.69, 9.17) is 14.0 Å². The van der Waals surface area contributed by atoms with Gasteiger partial charge in [-0.05, 0) is 50.2 Å². The van der Waals surface area contributed by atoms with E-state index >= 15 is 0 Å². The van der Waals surface area contributed by atoms with Gasteiger partial charge in [0.15, 0.2) is 18.3 Å². The van der Waals surface area contributed by atoms with Gasteiger partial charge in [0.2, 0.25) is 5.88 Å². The Kier molecular flexibility index (Phi) is 4.92. The van der Waals surface area contributed by atoms with Crippen LogP contribution in [0.15, 0.2) is 59.4 Å². The molecule has 0 bridgehead atoms. The van der Waals surface area contributed by atoms with Crippen LogP contribution in [0, 0.1) is 13.8 Å². The van der Waals surface area contributed by atoms with Crippen LogP contribution in [-0.2, 0) is 6.61 Å². The highest BCUT2D eigenvalue weighted by Crippen LogP contribution is 2.25. The number of ether oxygens (including phenoxy) is 2. The minimum atomic E-state index is 0.209. The molecule has 0 unspecified atom stereocenters. The quantitative estimate of drug-likeness (QED) is 0.500. The minimum absolute atomic E-state index is 0.209. The van der Waals surface area contributed by atoms with Gasteiger partial charge in [0.05, 0.1) is 0 Å². The van der Waals surface area contributed by atoms with E-state index in [-0.39, 0.29) is 6.61 Å². The van der Waals surface area contributed by atoms with Crippen LogP contribution in [0.25, 0.3) is 11.4 Å². The van der Waals surface area contributed by atoms with Crippen molar-refractivity contribution in [1.29, 1.82) is 0 Å². The van der Waals surface area contributed by atoms with Gasteiger partial charge in [-0.15, -0.1) is 0 Å². The van der Waals surface area contributed by atoms with Crippen molar-refractivity contribution in [3.8, 4) is 28.8 Å². The van der Waals surface area contributed by atoms with Crippen molar-refractivity contribution in [2.24, 2.45) is 0 Å². The van der Waals surface area contributed by atoms with Gasteiger partial charge in [-0.25, -0.2) is 4.98 Å². The molecule has 0 saturated heterocycles. The number of aryl methyl sites for hydroxylation is 2. The first kappa shape index (κ1) is 17.6. The Morgan fingerprint density at radius 2 is 1.79 bits per heavy atom. The Labute approximate surface area is 161 Å². The zero-order chi connectivity index (χ0) is 19.3. The molecular formula is C20H17N5O3. The fraction of sp³-hybridized carbons (Fsp3) is 0.150. The molecule has 8 heteroatoms. The Bertz CT molecular complexity index is 1060. The molecule has 4 rings (SSSR count). The maximum atomic E-state index is 5.87. The van der Waals surface area contributed by atoms with Crippen molar-refractivity contribution in [3.63, 3.8) is 0 Å². The van der Waals surface area contributed by atoms with Crippen LogP contribution in [0.3, 0.4) is 0 Å². The molecule has 0 N–H and O–H groups in total. The van der Waals surface area contributed by atoms with Crippen molar-refractivity contribution in [3.05, 3.63) is 72.3 Å². The summed E-state index contributed by atoms with van der Waals surface area (Å²) >= 11 is 0. The van der Waals surface area contributed by atoms with E-state index in [1.54, 1.807) is 49.6 Å². The molecule has 1 aromatic carbocycles. The third-order valence-electron chi connectivity index (χ3n) is 3.73. The molecule has 0 radical (unpaired) electrons. The molecule has 3 aromatic heterocycles. The first-order valence-electron chi connectivity index (χ1n) is 8.62. The summed E-state index contributed by atoms with van der Waals surface area (Å²) < 4.78 is 16.5. The van der Waals surface area contributed by atoms with Crippen molar-refractivity contribution >= 4 is 0 Å². The molecule has 0 amide bonds. The smallest absolute Gasteiger partial charge is 0.264 e. The second-order valence-corrected chi connectivity index (χ2v) is 6.01. The highest BCUT2D eigenvalue weighted by molar-refractivity contribution is 5.54. The number of benzene rings is 1. The maximum Gasteiger partial charge on any atom is 0.264 e. The summed E-state index contributed by atoms with van der Waals surface area (Å²) in [6.07, 6.45) is 3.43. The highest BCUT2D eigenvalue weighted by Gasteiger charge is 2.08. The van der Waals surface area contributed by atoms with Gasteiger partial charge in [0.1, 0.15) is 11.5 Å². The largest absolute Gasteiger partial charge is 0.484 e. The number of aromatic nitrogens is 5. The zero-order valence-corrected chi connectivity index (χ0v) is 15.4. The second kappa shape index (κ2) is 7.83. The van der Waals surface area contributed by atoms with Crippen molar-refractivity contribution in [1.82, 2.24) is 25.1 Å². The number of hydrogen-bond donors (Lipinski definition) is 0. The van der Waals surface area contributed by atoms with Gasteiger partial charge in [0, 0.05) is 29.7 Å². The summed E-state index contributed by atoms with van der Waals surface area (Å²) in [6.45, 7) is 3.86. The lowest BCUT2D eigenvalue weighted by Gasteiger charge is -2.09. The normalized spacial score (nSPS) is 10.6. The number of rotatable bonds is 6. The average molecular weight is 375 g/mol. The number of hydrogen-bond acceptors (Lipinski definition) is 8. The predicted molar refractivity (Wildman–Crippen MR) is 99.9 cm³/mol. The van der Waals surface area contributed by atoms with E-state index in [0.29, 0.717) is 34.9 Å². The van der Waals surface area contributed by atoms with E-state index in [2.05, 4.69) is 25.1 Å². The van der Waals surface area contributed by atoms with Crippen LogP contribution >= 0.6 is 0 Å². The van der Waals surface area contributed by atoms with E-state index in [0.717, 1.165) is 11.3 Å². The number of nitrogens with zero attached hydrogens (tertiary/aromatic N) is 5. The third-order valence-corrected chi connectivity index (χ3v) is 3.73. The zero-order valence-electron chi connectivity index (χ0n) is 15.4. The second-order valence-electron chi connectivity index (χ2n) is 6.01. The summed E-state index contributed by atoms with van der Waals surface area (Å²) in [6, 6.07) is 12.7. The maximum absolute atomic E-state index is 5.87. The molecule has 8 nitrogen and oxygen atoms in total. The lowest BCUT2D eigenvalue weighted by atomic mass is 10.2. The average Bonchev–Trinajstić information content (AvgIpc) is 3.13. The van der Waals surface area contributed by atoms with Crippen LogP contribution in [0.5, 0.6) is 17.4 Å². The van der Waals surface area contributed by atoms with E-state index in [1.807, 2.05) is 19.1 Å². The summed E-state index contributed by atoms with van der Waals surface area (Å²) in [4.78, 5) is 17.1. The van der Waals surface area contributed by atoms with E-state index < -0.39 is 0 Å². The molecule has 0 aliphatic heterocycles. The third kappa shape index (κ3) is 4.29. The predicted octanol–water partition coefficient (Wildman–Crippen LogP) is 3.91. The molecule has 28 heavy (non-hydrogen) atoms. The molecule has 4 aromatic rings. The molecule has 0 aliphatic carbocycles. The molecule has 0 aliphatic rings. The Morgan fingerprint density at radius 1 is 0.964 bits per heavy atom. The topological polar surface area (TPSA) is 96.1 Å². The molecule has 0 fully saturated rings. The standard InChI is InChI=1S/C20H17N5O3/c1-13-10-18(24-20(22-13)15-4-3-9-21-11-15)27-17-7-5-16(6-8-17)26-12-19-23-14(2)25-28-19/h3-11H,12H2,1-2H3. The van der Waals surface area contributed by atoms with E-state index in [1.165, 1.54) is 0 Å². The van der Waals surface area contributed by atoms with Crippen LogP contribution in [-0.4, -0.2) is 25.1 Å². The van der Waals surface area contributed by atoms with Crippen LogP contribution < -0.4 is 9.47 Å². The van der Waals surface area contributed by atoms with Gasteiger partial charge in [-0.2, -0.15) is 9.97 Å². The molecule has 0 saturated carbocycles. The summed E-state index contributed by atoms with van der Waals surface area (Å²) in [5, 5.41) is 3.72. The van der Waals surface area contributed by atoms with Crippen molar-refractivity contribution in [2.45, 2.75) is 20.5 Å². The van der Waals surface area contributed by atoms with Crippen molar-refractivity contribution in [2.75, 3.05) is 0 Å². The molecule has 0 atom stereocenters. The van der Waals surface area contributed by atoms with Crippen molar-refractivity contribution < 1.29 is 14.0 Å². The van der Waals surface area contributed by atoms with Gasteiger partial charge in [-0.3, -0.25) is 4.98 Å². The first-order chi connectivity index (χ1) is 13.7. The lowest BCUT2D eigenvalue weighted by molar-refractivity contribution is 0.242. The lowest BCUT2D eigenvalue weighted by Crippen LogP contribution is -1.97. The molecule has 3 heterocycles. The van der Waals surface area contributed by atoms with Gasteiger partial charge < -0.3 is 14.0 Å². The van der Waals surface area contributed by atoms with Crippen LogP contribution in [0.1, 0.15) is 17.4 Å². The monoisotopic (exact) mass is 375 g/mol. The minimum Gasteiger partial charge on any atom is -0.484 e. The summed E-state index contributed by atoms with van der Waals surface area (Å²) in [5.74, 6) is 3.33. The molecule has 0 spiro atoms. The fourth-order valence-corrected chi connectivity index (χ4v) is 2.48. The highest BCUT2D eigenvalue weighted by atomic mass is 16.5. The molecular weight excluding hydrogens is 358 g/mol. The van der Waals surface area contributed by atoms with Gasteiger partial charge >= 0.3 is 0 Å².